The van der Waals surface area contributed by atoms with Gasteiger partial charge in [0, 0.05) is 11.0 Å². The van der Waals surface area contributed by atoms with E-state index in [-0.39, 0.29) is 24.1 Å². The van der Waals surface area contributed by atoms with Gasteiger partial charge in [-0.1, -0.05) is 42.1 Å². The van der Waals surface area contributed by atoms with Crippen LogP contribution in [0.1, 0.15) is 29.4 Å². The smallest absolute Gasteiger partial charge is 0.234 e. The summed E-state index contributed by atoms with van der Waals surface area (Å²) in [5, 5.41) is 14.9. The fraction of sp³-hybridized carbons (Fsp3) is 0.304. The third-order valence-corrected chi connectivity index (χ3v) is 6.57. The van der Waals surface area contributed by atoms with Gasteiger partial charge in [0.25, 0.3) is 0 Å². The van der Waals surface area contributed by atoms with Gasteiger partial charge in [0.1, 0.15) is 0 Å². The highest BCUT2D eigenvalue weighted by Gasteiger charge is 2.15. The van der Waals surface area contributed by atoms with Crippen LogP contribution in [0.5, 0.6) is 0 Å². The summed E-state index contributed by atoms with van der Waals surface area (Å²) >= 11 is 4.82. The molecule has 0 spiro atoms. The summed E-state index contributed by atoms with van der Waals surface area (Å²) in [4.78, 5) is 24.7. The zero-order chi connectivity index (χ0) is 23.1. The zero-order valence-electron chi connectivity index (χ0n) is 18.3. The number of carbonyl (C=O) groups is 2. The molecule has 7 nitrogen and oxygen atoms in total. The summed E-state index contributed by atoms with van der Waals surface area (Å²) in [6.07, 6.45) is 0.316. The van der Waals surface area contributed by atoms with E-state index in [0.29, 0.717) is 23.9 Å². The van der Waals surface area contributed by atoms with Crippen LogP contribution in [0.4, 0.5) is 5.69 Å². The molecule has 0 bridgehead atoms. The predicted octanol–water partition coefficient (Wildman–Crippen LogP) is 4.27. The summed E-state index contributed by atoms with van der Waals surface area (Å²) in [5.41, 5.74) is 3.97. The van der Waals surface area contributed by atoms with E-state index < -0.39 is 0 Å². The van der Waals surface area contributed by atoms with Gasteiger partial charge < -0.3 is 15.2 Å². The molecular weight excluding hydrogens is 490 g/mol. The third kappa shape index (κ3) is 6.43. The Hall–Kier alpha value is -2.65. The Bertz CT molecular complexity index is 1100. The largest absolute Gasteiger partial charge is 0.349 e. The maximum Gasteiger partial charge on any atom is 0.234 e. The van der Waals surface area contributed by atoms with Gasteiger partial charge in [0.05, 0.1) is 24.4 Å². The van der Waals surface area contributed by atoms with Gasteiger partial charge in [0.2, 0.25) is 11.8 Å². The highest BCUT2D eigenvalue weighted by molar-refractivity contribution is 9.10. The first-order valence-electron chi connectivity index (χ1n) is 10.3. The average Bonchev–Trinajstić information content (AvgIpc) is 3.17. The molecule has 0 aliphatic carbocycles. The van der Waals surface area contributed by atoms with Gasteiger partial charge in [-0.15, -0.1) is 10.2 Å². The van der Waals surface area contributed by atoms with Crippen LogP contribution in [-0.2, 0) is 29.1 Å². The number of hydrogen-bond donors (Lipinski definition) is 2. The maximum atomic E-state index is 12.5. The van der Waals surface area contributed by atoms with Crippen LogP contribution < -0.4 is 10.6 Å². The summed E-state index contributed by atoms with van der Waals surface area (Å²) < 4.78 is 2.76. The Balaban J connectivity index is 1.54. The summed E-state index contributed by atoms with van der Waals surface area (Å²) in [5.74, 6) is 0.670. The van der Waals surface area contributed by atoms with E-state index in [2.05, 4.69) is 36.8 Å². The summed E-state index contributed by atoms with van der Waals surface area (Å²) in [6, 6.07) is 13.5. The second-order valence-corrected chi connectivity index (χ2v) is 9.13. The molecule has 3 rings (SSSR count). The number of nitrogens with zero attached hydrogens (tertiary/aromatic N) is 3. The van der Waals surface area contributed by atoms with Crippen LogP contribution in [0.15, 0.2) is 52.1 Å². The lowest BCUT2D eigenvalue weighted by Gasteiger charge is -2.11. The molecule has 0 unspecified atom stereocenters. The number of aryl methyl sites for hydroxylation is 2. The second kappa shape index (κ2) is 11.3. The molecule has 0 aliphatic heterocycles. The highest BCUT2D eigenvalue weighted by atomic mass is 79.9. The monoisotopic (exact) mass is 515 g/mol. The molecule has 9 heteroatoms. The fourth-order valence-electron chi connectivity index (χ4n) is 3.09. The number of benzene rings is 2. The van der Waals surface area contributed by atoms with E-state index in [1.807, 2.05) is 67.8 Å². The lowest BCUT2D eigenvalue weighted by Crippen LogP contribution is -2.26. The van der Waals surface area contributed by atoms with E-state index in [9.17, 15) is 9.59 Å². The molecule has 1 heterocycles. The van der Waals surface area contributed by atoms with Crippen molar-refractivity contribution in [1.82, 2.24) is 20.1 Å². The molecule has 2 amide bonds. The number of hydrogen-bond acceptors (Lipinski definition) is 5. The number of anilines is 1. The molecule has 0 aliphatic rings. The van der Waals surface area contributed by atoms with E-state index >= 15 is 0 Å². The molecule has 1 aromatic heterocycles. The third-order valence-electron chi connectivity index (χ3n) is 4.95. The maximum absolute atomic E-state index is 12.5. The second-order valence-electron chi connectivity index (χ2n) is 7.34. The number of aromatic nitrogens is 3. The Morgan fingerprint density at radius 2 is 1.78 bits per heavy atom. The lowest BCUT2D eigenvalue weighted by atomic mass is 10.1. The Morgan fingerprint density at radius 1 is 1.06 bits per heavy atom. The molecule has 0 radical (unpaired) electrons. The van der Waals surface area contributed by atoms with Gasteiger partial charge in [-0.25, -0.2) is 0 Å². The molecule has 2 aromatic carbocycles. The van der Waals surface area contributed by atoms with Crippen molar-refractivity contribution in [3.8, 4) is 0 Å². The standard InChI is InChI=1S/C23H26BrN5O2S/c1-4-29-20(13-25-21(30)12-17-8-6-5-7-9-17)27-28-23(29)32-14-22(31)26-19-11-16(3)15(2)10-18(19)24/h5-11H,4,12-14H2,1-3H3,(H,25,30)(H,26,31). The highest BCUT2D eigenvalue weighted by Crippen LogP contribution is 2.26. The Labute approximate surface area is 200 Å². The quantitative estimate of drug-likeness (QED) is 0.415. The van der Waals surface area contributed by atoms with Crippen molar-refractivity contribution in [2.24, 2.45) is 0 Å². The van der Waals surface area contributed by atoms with Gasteiger partial charge in [-0.3, -0.25) is 9.59 Å². The molecular formula is C23H26BrN5O2S. The van der Waals surface area contributed by atoms with E-state index in [0.717, 1.165) is 26.9 Å². The normalized spacial score (nSPS) is 10.8. The number of halogens is 1. The van der Waals surface area contributed by atoms with Crippen molar-refractivity contribution < 1.29 is 9.59 Å². The number of carbonyl (C=O) groups excluding carboxylic acids is 2. The first-order valence-corrected chi connectivity index (χ1v) is 12.1. The minimum Gasteiger partial charge on any atom is -0.349 e. The molecule has 0 fully saturated rings. The average molecular weight is 516 g/mol. The van der Waals surface area contributed by atoms with Crippen LogP contribution in [0, 0.1) is 13.8 Å². The first kappa shape index (κ1) is 24.0. The molecule has 0 saturated heterocycles. The Morgan fingerprint density at radius 3 is 2.50 bits per heavy atom. The van der Waals surface area contributed by atoms with Crippen LogP contribution in [0.25, 0.3) is 0 Å². The number of nitrogens with one attached hydrogen (secondary N) is 2. The minimum absolute atomic E-state index is 0.0746. The Kier molecular flexibility index (Phi) is 8.46. The first-order chi connectivity index (χ1) is 15.4. The van der Waals surface area contributed by atoms with E-state index in [1.54, 1.807) is 0 Å². The van der Waals surface area contributed by atoms with Crippen LogP contribution in [0.2, 0.25) is 0 Å². The molecule has 168 valence electrons. The number of rotatable bonds is 9. The van der Waals surface area contributed by atoms with Crippen LogP contribution in [0.3, 0.4) is 0 Å². The predicted molar refractivity (Wildman–Crippen MR) is 131 cm³/mol. The molecule has 0 atom stereocenters. The molecule has 32 heavy (non-hydrogen) atoms. The van der Waals surface area contributed by atoms with Crippen molar-refractivity contribution >= 4 is 45.2 Å². The lowest BCUT2D eigenvalue weighted by molar-refractivity contribution is -0.120. The summed E-state index contributed by atoms with van der Waals surface area (Å²) in [7, 11) is 0. The number of amides is 2. The van der Waals surface area contributed by atoms with Gasteiger partial charge in [0.15, 0.2) is 11.0 Å². The molecule has 2 N–H and O–H groups in total. The van der Waals surface area contributed by atoms with Crippen LogP contribution in [-0.4, -0.2) is 32.3 Å². The van der Waals surface area contributed by atoms with Gasteiger partial charge >= 0.3 is 0 Å². The van der Waals surface area contributed by atoms with E-state index in [1.165, 1.54) is 11.8 Å². The number of thioether (sulfide) groups is 1. The minimum atomic E-state index is -0.123. The topological polar surface area (TPSA) is 88.9 Å². The van der Waals surface area contributed by atoms with Crippen molar-refractivity contribution in [3.63, 3.8) is 0 Å². The molecule has 3 aromatic rings. The fourth-order valence-corrected chi connectivity index (χ4v) is 4.47. The van der Waals surface area contributed by atoms with Crippen LogP contribution >= 0.6 is 27.7 Å². The van der Waals surface area contributed by atoms with Crippen molar-refractivity contribution in [2.75, 3.05) is 11.1 Å². The van der Waals surface area contributed by atoms with E-state index in [4.69, 9.17) is 0 Å². The van der Waals surface area contributed by atoms with Crippen molar-refractivity contribution in [2.45, 2.75) is 45.4 Å². The van der Waals surface area contributed by atoms with Gasteiger partial charge in [-0.2, -0.15) is 0 Å². The zero-order valence-corrected chi connectivity index (χ0v) is 20.7. The SMILES string of the molecule is CCn1c(CNC(=O)Cc2ccccc2)nnc1SCC(=O)Nc1cc(C)c(C)cc1Br. The van der Waals surface area contributed by atoms with Crippen molar-refractivity contribution in [3.05, 3.63) is 69.5 Å². The van der Waals surface area contributed by atoms with Crippen molar-refractivity contribution in [1.29, 1.82) is 0 Å². The molecule has 0 saturated carbocycles. The van der Waals surface area contributed by atoms with Gasteiger partial charge in [-0.05, 0) is 65.5 Å². The summed E-state index contributed by atoms with van der Waals surface area (Å²) in [6.45, 7) is 6.95.